The van der Waals surface area contributed by atoms with Crippen LogP contribution in [0.4, 0.5) is 0 Å². The summed E-state index contributed by atoms with van der Waals surface area (Å²) in [5.41, 5.74) is 9.78. The first-order chi connectivity index (χ1) is 9.28. The molecule has 0 amide bonds. The van der Waals surface area contributed by atoms with Crippen molar-refractivity contribution in [3.63, 3.8) is 0 Å². The molecule has 0 spiro atoms. The third-order valence-electron chi connectivity index (χ3n) is 3.16. The lowest BCUT2D eigenvalue weighted by molar-refractivity contribution is 0.944. The van der Waals surface area contributed by atoms with Crippen molar-refractivity contribution in [3.8, 4) is 0 Å². The molecule has 0 unspecified atom stereocenters. The van der Waals surface area contributed by atoms with Crippen LogP contribution in [0.5, 0.6) is 0 Å². The second kappa shape index (κ2) is 5.03. The van der Waals surface area contributed by atoms with E-state index in [0.29, 0.717) is 6.54 Å². The number of nitrogens with two attached hydrogens (primary N) is 1. The van der Waals surface area contributed by atoms with Gasteiger partial charge in [-0.2, -0.15) is 0 Å². The summed E-state index contributed by atoms with van der Waals surface area (Å²) in [7, 11) is 0. The Morgan fingerprint density at radius 3 is 2.74 bits per heavy atom. The summed E-state index contributed by atoms with van der Waals surface area (Å²) >= 11 is 6.18. The number of fused-ring (bicyclic) bond motifs is 1. The number of halogens is 1. The molecule has 0 bridgehead atoms. The van der Waals surface area contributed by atoms with Crippen LogP contribution in [0.15, 0.2) is 48.7 Å². The second-order valence-corrected chi connectivity index (χ2v) is 4.86. The molecule has 0 saturated heterocycles. The first-order valence-electron chi connectivity index (χ1n) is 6.17. The van der Waals surface area contributed by atoms with E-state index in [-0.39, 0.29) is 0 Å². The number of imidazole rings is 1. The minimum atomic E-state index is 0.499. The average molecular weight is 272 g/mol. The minimum absolute atomic E-state index is 0.499. The van der Waals surface area contributed by atoms with Gasteiger partial charge in [-0.3, -0.25) is 0 Å². The van der Waals surface area contributed by atoms with E-state index in [9.17, 15) is 0 Å². The highest BCUT2D eigenvalue weighted by molar-refractivity contribution is 6.31. The fraction of sp³-hybridized carbons (Fsp3) is 0.133. The Labute approximate surface area is 116 Å². The summed E-state index contributed by atoms with van der Waals surface area (Å²) in [4.78, 5) is 4.61. The predicted octanol–water partition coefficient (Wildman–Crippen LogP) is 3.04. The van der Waals surface area contributed by atoms with Crippen molar-refractivity contribution in [3.05, 3.63) is 70.6 Å². The Bertz CT molecular complexity index is 718. The highest BCUT2D eigenvalue weighted by Gasteiger charge is 2.07. The van der Waals surface area contributed by atoms with E-state index < -0.39 is 0 Å². The van der Waals surface area contributed by atoms with Crippen molar-refractivity contribution in [1.29, 1.82) is 0 Å². The summed E-state index contributed by atoms with van der Waals surface area (Å²) in [5.74, 6) is 0. The van der Waals surface area contributed by atoms with Gasteiger partial charge in [0.25, 0.3) is 0 Å². The van der Waals surface area contributed by atoms with Gasteiger partial charge in [0.15, 0.2) is 0 Å². The largest absolute Gasteiger partial charge is 0.325 e. The highest BCUT2D eigenvalue weighted by Crippen LogP contribution is 2.19. The Morgan fingerprint density at radius 2 is 1.95 bits per heavy atom. The molecule has 3 aromatic rings. The molecule has 2 heterocycles. The molecule has 19 heavy (non-hydrogen) atoms. The molecule has 0 aliphatic rings. The van der Waals surface area contributed by atoms with Gasteiger partial charge in [0.1, 0.15) is 5.65 Å². The van der Waals surface area contributed by atoms with E-state index in [2.05, 4.69) is 4.98 Å². The van der Waals surface area contributed by atoms with Gasteiger partial charge in [-0.05, 0) is 23.8 Å². The molecule has 2 N–H and O–H groups in total. The number of benzene rings is 1. The maximum Gasteiger partial charge on any atom is 0.137 e. The Hall–Kier alpha value is -1.84. The molecule has 96 valence electrons. The predicted molar refractivity (Wildman–Crippen MR) is 77.3 cm³/mol. The number of nitrogens with zero attached hydrogens (tertiary/aromatic N) is 2. The summed E-state index contributed by atoms with van der Waals surface area (Å²) in [6, 6.07) is 13.8. The number of hydrogen-bond acceptors (Lipinski definition) is 2. The lowest BCUT2D eigenvalue weighted by Gasteiger charge is -2.01. The molecule has 0 radical (unpaired) electrons. The lowest BCUT2D eigenvalue weighted by Crippen LogP contribution is -2.02. The molecule has 0 saturated carbocycles. The van der Waals surface area contributed by atoms with Crippen molar-refractivity contribution in [2.24, 2.45) is 5.73 Å². The molecular weight excluding hydrogens is 258 g/mol. The van der Waals surface area contributed by atoms with Crippen molar-refractivity contribution >= 4 is 17.2 Å². The Balaban J connectivity index is 2.00. The van der Waals surface area contributed by atoms with E-state index in [0.717, 1.165) is 34.0 Å². The number of rotatable bonds is 3. The van der Waals surface area contributed by atoms with Crippen LogP contribution in [-0.4, -0.2) is 9.38 Å². The van der Waals surface area contributed by atoms with Gasteiger partial charge in [0.2, 0.25) is 0 Å². The topological polar surface area (TPSA) is 43.3 Å². The van der Waals surface area contributed by atoms with Crippen LogP contribution in [0.1, 0.15) is 17.0 Å². The third-order valence-corrected chi connectivity index (χ3v) is 3.53. The zero-order valence-corrected chi connectivity index (χ0v) is 11.1. The molecule has 0 fully saturated rings. The third kappa shape index (κ3) is 2.35. The van der Waals surface area contributed by atoms with E-state index in [4.69, 9.17) is 17.3 Å². The fourth-order valence-corrected chi connectivity index (χ4v) is 2.41. The van der Waals surface area contributed by atoms with E-state index >= 15 is 0 Å². The van der Waals surface area contributed by atoms with Crippen LogP contribution in [0.2, 0.25) is 5.02 Å². The summed E-state index contributed by atoms with van der Waals surface area (Å²) in [6.45, 7) is 0.499. The van der Waals surface area contributed by atoms with Crippen LogP contribution in [0.3, 0.4) is 0 Å². The Kier molecular flexibility index (Phi) is 3.23. The zero-order valence-electron chi connectivity index (χ0n) is 10.4. The fourth-order valence-electron chi connectivity index (χ4n) is 2.21. The van der Waals surface area contributed by atoms with E-state index in [1.54, 1.807) is 0 Å². The summed E-state index contributed by atoms with van der Waals surface area (Å²) < 4.78 is 2.03. The van der Waals surface area contributed by atoms with Gasteiger partial charge in [0, 0.05) is 29.9 Å². The lowest BCUT2D eigenvalue weighted by atomic mass is 10.1. The minimum Gasteiger partial charge on any atom is -0.325 e. The molecule has 4 heteroatoms. The smallest absolute Gasteiger partial charge is 0.137 e. The quantitative estimate of drug-likeness (QED) is 0.796. The van der Waals surface area contributed by atoms with Crippen LogP contribution in [-0.2, 0) is 13.0 Å². The maximum atomic E-state index is 6.18. The number of pyridine rings is 1. The molecular formula is C15H14ClN3. The second-order valence-electron chi connectivity index (χ2n) is 4.45. The zero-order chi connectivity index (χ0) is 13.2. The molecule has 0 atom stereocenters. The average Bonchev–Trinajstić information content (AvgIpc) is 2.83. The van der Waals surface area contributed by atoms with Crippen molar-refractivity contribution < 1.29 is 0 Å². The van der Waals surface area contributed by atoms with Crippen LogP contribution < -0.4 is 5.73 Å². The van der Waals surface area contributed by atoms with Gasteiger partial charge >= 0.3 is 0 Å². The first-order valence-corrected chi connectivity index (χ1v) is 6.55. The van der Waals surface area contributed by atoms with Crippen molar-refractivity contribution in [2.75, 3.05) is 0 Å². The maximum absolute atomic E-state index is 6.18. The monoisotopic (exact) mass is 271 g/mol. The summed E-state index contributed by atoms with van der Waals surface area (Å²) in [6.07, 6.45) is 2.76. The van der Waals surface area contributed by atoms with Crippen molar-refractivity contribution in [1.82, 2.24) is 9.38 Å². The highest BCUT2D eigenvalue weighted by atomic mass is 35.5. The van der Waals surface area contributed by atoms with Crippen LogP contribution in [0, 0.1) is 0 Å². The number of aromatic nitrogens is 2. The first kappa shape index (κ1) is 12.2. The van der Waals surface area contributed by atoms with Gasteiger partial charge in [-0.1, -0.05) is 35.9 Å². The summed E-state index contributed by atoms with van der Waals surface area (Å²) in [5, 5.41) is 0.776. The van der Waals surface area contributed by atoms with Crippen LogP contribution in [0.25, 0.3) is 5.65 Å². The molecule has 2 aromatic heterocycles. The van der Waals surface area contributed by atoms with Crippen molar-refractivity contribution in [2.45, 2.75) is 13.0 Å². The molecule has 0 aliphatic carbocycles. The van der Waals surface area contributed by atoms with E-state index in [1.165, 1.54) is 0 Å². The molecule has 0 aliphatic heterocycles. The molecule has 3 rings (SSSR count). The molecule has 3 nitrogen and oxygen atoms in total. The van der Waals surface area contributed by atoms with Gasteiger partial charge in [0.05, 0.1) is 5.69 Å². The standard InChI is InChI=1S/C15H14ClN3/c16-14-6-2-1-4-11(14)8-12-10-19-13(9-17)5-3-7-15(19)18-12/h1-7,10H,8-9,17H2. The van der Waals surface area contributed by atoms with Gasteiger partial charge in [-0.25, -0.2) is 4.98 Å². The van der Waals surface area contributed by atoms with Gasteiger partial charge in [-0.15, -0.1) is 0 Å². The van der Waals surface area contributed by atoms with Crippen LogP contribution >= 0.6 is 11.6 Å². The van der Waals surface area contributed by atoms with Gasteiger partial charge < -0.3 is 10.1 Å². The number of hydrogen-bond donors (Lipinski definition) is 1. The SMILES string of the molecule is NCc1cccc2nc(Cc3ccccc3Cl)cn12. The normalized spacial score (nSPS) is 11.1. The Morgan fingerprint density at radius 1 is 1.11 bits per heavy atom. The van der Waals surface area contributed by atoms with E-state index in [1.807, 2.05) is 53.1 Å². The molecule has 1 aromatic carbocycles.